The van der Waals surface area contributed by atoms with E-state index in [0.29, 0.717) is 10.8 Å². The van der Waals surface area contributed by atoms with Crippen LogP contribution in [0.15, 0.2) is 23.2 Å². The van der Waals surface area contributed by atoms with Crippen LogP contribution in [0, 0.1) is 0 Å². The van der Waals surface area contributed by atoms with Crippen LogP contribution >= 0.6 is 11.6 Å². The summed E-state index contributed by atoms with van der Waals surface area (Å²) in [5.74, 6) is 0.694. The summed E-state index contributed by atoms with van der Waals surface area (Å²) in [5.41, 5.74) is 2.17. The molecule has 0 unspecified atom stereocenters. The smallest absolute Gasteiger partial charge is 0.137 e. The van der Waals surface area contributed by atoms with E-state index in [4.69, 9.17) is 16.3 Å². The molecule has 0 amide bonds. The van der Waals surface area contributed by atoms with Gasteiger partial charge in [0.25, 0.3) is 0 Å². The predicted octanol–water partition coefficient (Wildman–Crippen LogP) is 3.15. The third kappa shape index (κ3) is 3.20. The standard InChI is InChI=1S/C13H17ClN2O/c1-16-7-5-10(6-8-16)15-11-3-4-13(17-2)12(14)9-11/h3-4,9H,5-8H2,1-2H3. The van der Waals surface area contributed by atoms with Crippen molar-refractivity contribution in [1.29, 1.82) is 0 Å². The Hall–Kier alpha value is -1.06. The van der Waals surface area contributed by atoms with E-state index in [1.54, 1.807) is 7.11 Å². The Morgan fingerprint density at radius 2 is 2.00 bits per heavy atom. The summed E-state index contributed by atoms with van der Waals surface area (Å²) in [6.45, 7) is 2.17. The lowest BCUT2D eigenvalue weighted by Gasteiger charge is -2.23. The maximum absolute atomic E-state index is 6.07. The molecule has 0 radical (unpaired) electrons. The van der Waals surface area contributed by atoms with Gasteiger partial charge >= 0.3 is 0 Å². The minimum Gasteiger partial charge on any atom is -0.495 e. The molecule has 1 aliphatic heterocycles. The number of ether oxygens (including phenoxy) is 1. The van der Waals surface area contributed by atoms with E-state index < -0.39 is 0 Å². The van der Waals surface area contributed by atoms with Crippen LogP contribution in [-0.4, -0.2) is 37.9 Å². The van der Waals surface area contributed by atoms with Gasteiger partial charge in [0.05, 0.1) is 17.8 Å². The molecule has 0 aliphatic carbocycles. The number of rotatable bonds is 2. The fourth-order valence-electron chi connectivity index (χ4n) is 1.90. The Bertz CT molecular complexity index is 421. The van der Waals surface area contributed by atoms with Crippen LogP contribution < -0.4 is 4.74 Å². The van der Waals surface area contributed by atoms with Crippen LogP contribution in [0.2, 0.25) is 5.02 Å². The van der Waals surface area contributed by atoms with Gasteiger partial charge < -0.3 is 9.64 Å². The summed E-state index contributed by atoms with van der Waals surface area (Å²) in [6, 6.07) is 5.65. The quantitative estimate of drug-likeness (QED) is 0.808. The normalized spacial score (nSPS) is 17.0. The molecule has 0 aromatic heterocycles. The zero-order valence-corrected chi connectivity index (χ0v) is 11.0. The SMILES string of the molecule is COc1ccc(N=C2CCN(C)CC2)cc1Cl. The first-order valence-electron chi connectivity index (χ1n) is 5.77. The van der Waals surface area contributed by atoms with E-state index in [9.17, 15) is 0 Å². The zero-order chi connectivity index (χ0) is 12.3. The van der Waals surface area contributed by atoms with Crippen LogP contribution in [0.1, 0.15) is 12.8 Å². The van der Waals surface area contributed by atoms with Crippen molar-refractivity contribution in [2.45, 2.75) is 12.8 Å². The lowest BCUT2D eigenvalue weighted by Crippen LogP contribution is -2.30. The number of hydrogen-bond donors (Lipinski definition) is 0. The first-order chi connectivity index (χ1) is 8.19. The number of nitrogens with zero attached hydrogens (tertiary/aromatic N) is 2. The highest BCUT2D eigenvalue weighted by Gasteiger charge is 2.11. The van der Waals surface area contributed by atoms with Gasteiger partial charge in [-0.25, -0.2) is 0 Å². The van der Waals surface area contributed by atoms with Gasteiger partial charge in [-0.3, -0.25) is 4.99 Å². The summed E-state index contributed by atoms with van der Waals surface area (Å²) in [7, 11) is 3.75. The van der Waals surface area contributed by atoms with E-state index in [1.807, 2.05) is 18.2 Å². The molecule has 0 spiro atoms. The summed E-state index contributed by atoms with van der Waals surface area (Å²) < 4.78 is 5.12. The van der Waals surface area contributed by atoms with Gasteiger partial charge in [0, 0.05) is 18.8 Å². The topological polar surface area (TPSA) is 24.8 Å². The van der Waals surface area contributed by atoms with Gasteiger partial charge in [0.15, 0.2) is 0 Å². The highest BCUT2D eigenvalue weighted by atomic mass is 35.5. The van der Waals surface area contributed by atoms with E-state index in [-0.39, 0.29) is 0 Å². The Morgan fingerprint density at radius 1 is 1.29 bits per heavy atom. The Labute approximate surface area is 107 Å². The molecule has 1 aliphatic rings. The average molecular weight is 253 g/mol. The second-order valence-corrected chi connectivity index (χ2v) is 4.71. The lowest BCUT2D eigenvalue weighted by molar-refractivity contribution is 0.336. The van der Waals surface area contributed by atoms with Gasteiger partial charge in [0.2, 0.25) is 0 Å². The van der Waals surface area contributed by atoms with Crippen molar-refractivity contribution in [3.05, 3.63) is 23.2 Å². The predicted molar refractivity (Wildman–Crippen MR) is 71.8 cm³/mol. The van der Waals surface area contributed by atoms with Crippen molar-refractivity contribution >= 4 is 23.0 Å². The highest BCUT2D eigenvalue weighted by Crippen LogP contribution is 2.29. The largest absolute Gasteiger partial charge is 0.495 e. The molecule has 0 N–H and O–H groups in total. The van der Waals surface area contributed by atoms with Gasteiger partial charge in [-0.15, -0.1) is 0 Å². The van der Waals surface area contributed by atoms with E-state index in [0.717, 1.165) is 31.6 Å². The van der Waals surface area contributed by atoms with Crippen LogP contribution in [-0.2, 0) is 0 Å². The number of piperidine rings is 1. The second kappa shape index (κ2) is 5.52. The van der Waals surface area contributed by atoms with Crippen molar-refractivity contribution in [2.24, 2.45) is 4.99 Å². The van der Waals surface area contributed by atoms with Crippen molar-refractivity contribution in [2.75, 3.05) is 27.2 Å². The molecule has 0 atom stereocenters. The number of methoxy groups -OCH3 is 1. The molecule has 1 aromatic rings. The molecule has 0 bridgehead atoms. The second-order valence-electron chi connectivity index (χ2n) is 4.30. The molecule has 0 saturated carbocycles. The molecule has 1 saturated heterocycles. The fourth-order valence-corrected chi connectivity index (χ4v) is 2.15. The average Bonchev–Trinajstić information content (AvgIpc) is 2.32. The molecule has 1 aromatic carbocycles. The van der Waals surface area contributed by atoms with Gasteiger partial charge in [0.1, 0.15) is 5.75 Å². The van der Waals surface area contributed by atoms with Gasteiger partial charge in [-0.05, 0) is 38.1 Å². The fraction of sp³-hybridized carbons (Fsp3) is 0.462. The maximum atomic E-state index is 6.07. The van der Waals surface area contributed by atoms with Gasteiger partial charge in [-0.2, -0.15) is 0 Å². The first-order valence-corrected chi connectivity index (χ1v) is 6.15. The van der Waals surface area contributed by atoms with Crippen molar-refractivity contribution in [3.63, 3.8) is 0 Å². The van der Waals surface area contributed by atoms with E-state index in [1.165, 1.54) is 5.71 Å². The third-order valence-electron chi connectivity index (χ3n) is 2.99. The van der Waals surface area contributed by atoms with Crippen molar-refractivity contribution in [3.8, 4) is 5.75 Å². The molecule has 2 rings (SSSR count). The summed E-state index contributed by atoms with van der Waals surface area (Å²) in [5, 5.41) is 0.613. The van der Waals surface area contributed by atoms with Gasteiger partial charge in [-0.1, -0.05) is 11.6 Å². The Balaban J connectivity index is 2.13. The molecule has 3 nitrogen and oxygen atoms in total. The van der Waals surface area contributed by atoms with Crippen molar-refractivity contribution < 1.29 is 4.74 Å². The molecule has 1 heterocycles. The lowest BCUT2D eigenvalue weighted by atomic mass is 10.1. The number of benzene rings is 1. The maximum Gasteiger partial charge on any atom is 0.137 e. The van der Waals surface area contributed by atoms with Crippen LogP contribution in [0.25, 0.3) is 0 Å². The molecule has 4 heteroatoms. The minimum absolute atomic E-state index is 0.613. The Morgan fingerprint density at radius 3 is 2.59 bits per heavy atom. The number of halogens is 1. The number of hydrogen-bond acceptors (Lipinski definition) is 3. The van der Waals surface area contributed by atoms with Crippen LogP contribution in [0.5, 0.6) is 5.75 Å². The molecular weight excluding hydrogens is 236 g/mol. The molecule has 1 fully saturated rings. The summed E-state index contributed by atoms with van der Waals surface area (Å²) in [6.07, 6.45) is 2.08. The summed E-state index contributed by atoms with van der Waals surface area (Å²) in [4.78, 5) is 6.96. The van der Waals surface area contributed by atoms with Crippen LogP contribution in [0.4, 0.5) is 5.69 Å². The molecule has 92 valence electrons. The first kappa shape index (κ1) is 12.4. The summed E-state index contributed by atoms with van der Waals surface area (Å²) >= 11 is 6.07. The monoisotopic (exact) mass is 252 g/mol. The van der Waals surface area contributed by atoms with Crippen molar-refractivity contribution in [1.82, 2.24) is 4.90 Å². The zero-order valence-electron chi connectivity index (χ0n) is 10.2. The molecule has 17 heavy (non-hydrogen) atoms. The molecular formula is C13H17ClN2O. The number of likely N-dealkylation sites (tertiary alicyclic amines) is 1. The van der Waals surface area contributed by atoms with Crippen LogP contribution in [0.3, 0.4) is 0 Å². The minimum atomic E-state index is 0.613. The van der Waals surface area contributed by atoms with E-state index in [2.05, 4.69) is 16.9 Å². The van der Waals surface area contributed by atoms with E-state index >= 15 is 0 Å². The Kier molecular flexibility index (Phi) is 4.02. The third-order valence-corrected chi connectivity index (χ3v) is 3.28. The number of aliphatic imine (C=N–C) groups is 1. The highest BCUT2D eigenvalue weighted by molar-refractivity contribution is 6.32.